The van der Waals surface area contributed by atoms with Gasteiger partial charge in [0.25, 0.3) is 0 Å². The Bertz CT molecular complexity index is 132. The summed E-state index contributed by atoms with van der Waals surface area (Å²) in [6, 6.07) is 0. The lowest BCUT2D eigenvalue weighted by molar-refractivity contribution is 0.471. The molecule has 0 fully saturated rings. The molecule has 0 rings (SSSR count). The maximum Gasteiger partial charge on any atom is 0.117 e. The van der Waals surface area contributed by atoms with E-state index in [0.717, 1.165) is 11.8 Å². The van der Waals surface area contributed by atoms with E-state index in [1.54, 1.807) is 0 Å². The van der Waals surface area contributed by atoms with Crippen molar-refractivity contribution >= 4 is 18.9 Å². The molecule has 0 aromatic heterocycles. The van der Waals surface area contributed by atoms with Crippen LogP contribution in [0.5, 0.6) is 0 Å². The Balaban J connectivity index is 3.35. The van der Waals surface area contributed by atoms with Crippen molar-refractivity contribution in [2.24, 2.45) is 5.92 Å². The van der Waals surface area contributed by atoms with Crippen molar-refractivity contribution in [1.82, 2.24) is 0 Å². The van der Waals surface area contributed by atoms with Crippen molar-refractivity contribution < 1.29 is 0 Å². The second kappa shape index (κ2) is 7.62. The highest BCUT2D eigenvalue weighted by Crippen LogP contribution is 2.33. The van der Waals surface area contributed by atoms with Crippen LogP contribution in [-0.2, 0) is 0 Å². The molecule has 83 valence electrons. The van der Waals surface area contributed by atoms with Crippen LogP contribution in [0.15, 0.2) is 0 Å². The summed E-state index contributed by atoms with van der Waals surface area (Å²) in [6.07, 6.45) is 6.38. The first-order valence-corrected chi connectivity index (χ1v) is 6.44. The van der Waals surface area contributed by atoms with E-state index < -0.39 is 0 Å². The Kier molecular flexibility index (Phi) is 7.81. The van der Waals surface area contributed by atoms with E-state index in [9.17, 15) is 0 Å². The maximum atomic E-state index is 5.62. The molecule has 0 aromatic rings. The molecule has 1 radical (unpaired) electrons. The molecule has 0 atom stereocenters. The van der Waals surface area contributed by atoms with E-state index in [-0.39, 0.29) is 0 Å². The first-order valence-electron chi connectivity index (χ1n) is 5.91. The monoisotopic (exact) mass is 215 g/mol. The molecule has 0 bridgehead atoms. The second-order valence-corrected chi connectivity index (χ2v) is 5.45. The summed E-state index contributed by atoms with van der Waals surface area (Å²) in [7, 11) is 2.48. The molecule has 0 aliphatic carbocycles. The van der Waals surface area contributed by atoms with E-state index in [4.69, 9.17) is 11.6 Å². The Labute approximate surface area is 96.0 Å². The molecule has 0 unspecified atom stereocenters. The van der Waals surface area contributed by atoms with Gasteiger partial charge in [-0.3, -0.25) is 0 Å². The molecule has 0 saturated heterocycles. The number of halogens is 1. The van der Waals surface area contributed by atoms with E-state index in [2.05, 4.69) is 35.0 Å². The number of hydrogen-bond acceptors (Lipinski definition) is 0. The fourth-order valence-corrected chi connectivity index (χ4v) is 1.49. The van der Waals surface area contributed by atoms with E-state index in [0.29, 0.717) is 5.31 Å². The smallest absolute Gasteiger partial charge is 0.117 e. The molecule has 14 heavy (non-hydrogen) atoms. The highest BCUT2D eigenvalue weighted by atomic mass is 35.5. The molecule has 0 amide bonds. The Hall–Kier alpha value is 0.355. The number of unbranched alkanes of at least 4 members (excludes halogenated alkanes) is 3. The largest absolute Gasteiger partial charge is 0.127 e. The van der Waals surface area contributed by atoms with Crippen LogP contribution in [-0.4, -0.2) is 13.2 Å². The summed E-state index contributed by atoms with van der Waals surface area (Å²) in [5, 5.41) is 0.395. The summed E-state index contributed by atoms with van der Waals surface area (Å²) in [4.78, 5) is 0. The minimum Gasteiger partial charge on any atom is -0.127 e. The van der Waals surface area contributed by atoms with Crippen LogP contribution in [0.4, 0.5) is 0 Å². The van der Waals surface area contributed by atoms with Crippen LogP contribution >= 0.6 is 11.6 Å². The first kappa shape index (κ1) is 14.4. The van der Waals surface area contributed by atoms with Crippen molar-refractivity contribution in [1.29, 1.82) is 0 Å². The van der Waals surface area contributed by atoms with E-state index in [1.807, 2.05) is 0 Å². The molecule has 0 aliphatic heterocycles. The lowest BCUT2D eigenvalue weighted by Crippen LogP contribution is -2.19. The quantitative estimate of drug-likeness (QED) is 0.311. The zero-order valence-corrected chi connectivity index (χ0v) is 11.0. The molecule has 0 N–H and O–H groups in total. The topological polar surface area (TPSA) is 0 Å². The van der Waals surface area contributed by atoms with E-state index in [1.165, 1.54) is 32.0 Å². The fourth-order valence-electron chi connectivity index (χ4n) is 1.30. The Morgan fingerprint density at radius 2 is 1.64 bits per heavy atom. The lowest BCUT2D eigenvalue weighted by atomic mass is 9.48. The number of rotatable bonds is 8. The fraction of sp³-hybridized carbons (Fsp3) is 1.00. The molecule has 0 aliphatic rings. The molecule has 0 aromatic carbocycles. The molecular weight excluding hydrogens is 190 g/mol. The van der Waals surface area contributed by atoms with Crippen molar-refractivity contribution in [3.8, 4) is 0 Å². The molecule has 0 saturated carbocycles. The van der Waals surface area contributed by atoms with Gasteiger partial charge < -0.3 is 0 Å². The zero-order chi connectivity index (χ0) is 11.0. The first-order chi connectivity index (χ1) is 6.50. The minimum absolute atomic E-state index is 0.395. The van der Waals surface area contributed by atoms with Gasteiger partial charge in [0, 0.05) is 5.88 Å². The molecule has 0 nitrogen and oxygen atoms in total. The van der Waals surface area contributed by atoms with Crippen LogP contribution in [0.25, 0.3) is 0 Å². The van der Waals surface area contributed by atoms with Crippen LogP contribution in [0.3, 0.4) is 0 Å². The summed E-state index contributed by atoms with van der Waals surface area (Å²) in [5.41, 5.74) is 0. The van der Waals surface area contributed by atoms with Gasteiger partial charge in [-0.15, -0.1) is 11.6 Å². The van der Waals surface area contributed by atoms with Crippen molar-refractivity contribution in [2.45, 2.75) is 65.0 Å². The molecule has 0 spiro atoms. The van der Waals surface area contributed by atoms with Gasteiger partial charge in [-0.2, -0.15) is 0 Å². The van der Waals surface area contributed by atoms with Gasteiger partial charge in [-0.1, -0.05) is 58.6 Å². The predicted molar refractivity (Wildman–Crippen MR) is 68.6 cm³/mol. The second-order valence-electron chi connectivity index (χ2n) is 5.07. The van der Waals surface area contributed by atoms with Gasteiger partial charge in [-0.05, 0) is 12.3 Å². The number of alkyl halides is 1. The Morgan fingerprint density at radius 1 is 1.07 bits per heavy atom. The lowest BCUT2D eigenvalue weighted by Gasteiger charge is -2.28. The SMILES string of the molecule is CC(C)C(C)(C)[B]CCCCCCCl. The van der Waals surface area contributed by atoms with Crippen LogP contribution in [0, 0.1) is 5.92 Å². The van der Waals surface area contributed by atoms with Crippen molar-refractivity contribution in [3.63, 3.8) is 0 Å². The summed E-state index contributed by atoms with van der Waals surface area (Å²) in [5.74, 6) is 1.56. The average Bonchev–Trinajstić information content (AvgIpc) is 2.10. The van der Waals surface area contributed by atoms with Gasteiger partial charge in [0.2, 0.25) is 0 Å². The normalized spacial score (nSPS) is 12.1. The van der Waals surface area contributed by atoms with Crippen molar-refractivity contribution in [3.05, 3.63) is 0 Å². The predicted octanol–water partition coefficient (Wildman–Crippen LogP) is 4.76. The summed E-state index contributed by atoms with van der Waals surface area (Å²) < 4.78 is 0. The zero-order valence-electron chi connectivity index (χ0n) is 10.3. The standard InChI is InChI=1S/C12H25BCl/c1-11(2)12(3,4)13-9-7-5-6-8-10-14/h11H,5-10H2,1-4H3. The van der Waals surface area contributed by atoms with Crippen LogP contribution in [0.1, 0.15) is 53.4 Å². The third kappa shape index (κ3) is 6.76. The van der Waals surface area contributed by atoms with E-state index >= 15 is 0 Å². The van der Waals surface area contributed by atoms with Crippen LogP contribution < -0.4 is 0 Å². The van der Waals surface area contributed by atoms with Gasteiger partial charge in [0.05, 0.1) is 0 Å². The van der Waals surface area contributed by atoms with Crippen LogP contribution in [0.2, 0.25) is 11.6 Å². The minimum atomic E-state index is 0.395. The van der Waals surface area contributed by atoms with Gasteiger partial charge in [0.1, 0.15) is 7.28 Å². The Morgan fingerprint density at radius 3 is 2.14 bits per heavy atom. The van der Waals surface area contributed by atoms with Crippen molar-refractivity contribution in [2.75, 3.05) is 5.88 Å². The molecule has 2 heteroatoms. The van der Waals surface area contributed by atoms with Gasteiger partial charge in [0.15, 0.2) is 0 Å². The summed E-state index contributed by atoms with van der Waals surface area (Å²) >= 11 is 5.62. The third-order valence-electron chi connectivity index (χ3n) is 3.25. The van der Waals surface area contributed by atoms with Gasteiger partial charge in [-0.25, -0.2) is 0 Å². The molecular formula is C12H25BCl. The summed E-state index contributed by atoms with van der Waals surface area (Å²) in [6.45, 7) is 9.25. The number of hydrogen-bond donors (Lipinski definition) is 0. The molecule has 0 heterocycles. The highest BCUT2D eigenvalue weighted by molar-refractivity contribution is 6.39. The average molecular weight is 216 g/mol. The highest BCUT2D eigenvalue weighted by Gasteiger charge is 2.21. The third-order valence-corrected chi connectivity index (χ3v) is 3.51. The van der Waals surface area contributed by atoms with Gasteiger partial charge >= 0.3 is 0 Å². The maximum absolute atomic E-state index is 5.62.